The lowest BCUT2D eigenvalue weighted by atomic mass is 10.1. The van der Waals surface area contributed by atoms with E-state index in [9.17, 15) is 4.79 Å². The third kappa shape index (κ3) is 3.31. The largest absolute Gasteiger partial charge is 0.304 e. The second-order valence-corrected chi connectivity index (χ2v) is 5.37. The topological polar surface area (TPSA) is 23.6 Å². The molecule has 1 heterocycles. The number of Topliss-reactive ketones (excluding diaryl/α,β-unsaturated/α-hetero) is 1. The van der Waals surface area contributed by atoms with Crippen LogP contribution in [0, 0.1) is 6.92 Å². The average Bonchev–Trinajstić information content (AvgIpc) is 2.35. The van der Waals surface area contributed by atoms with Crippen LogP contribution in [-0.2, 0) is 0 Å². The fourth-order valence-electron chi connectivity index (χ4n) is 2.12. The van der Waals surface area contributed by atoms with Gasteiger partial charge in [0.2, 0.25) is 0 Å². The van der Waals surface area contributed by atoms with E-state index >= 15 is 0 Å². The zero-order chi connectivity index (χ0) is 13.1. The van der Waals surface area contributed by atoms with Gasteiger partial charge >= 0.3 is 0 Å². The van der Waals surface area contributed by atoms with Gasteiger partial charge in [-0.1, -0.05) is 11.6 Å². The van der Waals surface area contributed by atoms with E-state index in [1.807, 2.05) is 19.1 Å². The molecule has 2 rings (SSSR count). The molecule has 1 aromatic carbocycles. The minimum absolute atomic E-state index is 0.180. The van der Waals surface area contributed by atoms with E-state index < -0.39 is 0 Å². The van der Waals surface area contributed by atoms with Crippen LogP contribution in [0.15, 0.2) is 18.2 Å². The van der Waals surface area contributed by atoms with Gasteiger partial charge in [-0.3, -0.25) is 9.69 Å². The van der Waals surface area contributed by atoms with Gasteiger partial charge in [0.15, 0.2) is 5.78 Å². The summed E-state index contributed by atoms with van der Waals surface area (Å²) in [5, 5.41) is 0.714. The number of ketones is 1. The summed E-state index contributed by atoms with van der Waals surface area (Å²) in [6.45, 7) is 6.44. The molecule has 0 atom stereocenters. The molecule has 0 amide bonds. The number of carbonyl (C=O) groups excluding carboxylic acids is 1. The van der Waals surface area contributed by atoms with Crippen molar-refractivity contribution in [3.63, 3.8) is 0 Å². The van der Waals surface area contributed by atoms with E-state index in [0.29, 0.717) is 11.6 Å². The van der Waals surface area contributed by atoms with Crippen LogP contribution in [0.25, 0.3) is 0 Å². The lowest BCUT2D eigenvalue weighted by molar-refractivity contribution is 0.0876. The molecule has 3 nitrogen and oxygen atoms in total. The predicted molar refractivity (Wildman–Crippen MR) is 74.5 cm³/mol. The van der Waals surface area contributed by atoms with Gasteiger partial charge in [0, 0.05) is 36.8 Å². The number of hydrogen-bond acceptors (Lipinski definition) is 3. The highest BCUT2D eigenvalue weighted by Gasteiger charge is 2.17. The van der Waals surface area contributed by atoms with E-state index in [1.165, 1.54) is 0 Å². The Labute approximate surface area is 113 Å². The van der Waals surface area contributed by atoms with Gasteiger partial charge in [0.05, 0.1) is 6.54 Å². The monoisotopic (exact) mass is 266 g/mol. The SMILES string of the molecule is Cc1cc(C(=O)CN2CCN(C)CC2)ccc1Cl. The standard InChI is InChI=1S/C14H19ClN2O/c1-11-9-12(3-4-13(11)15)14(18)10-17-7-5-16(2)6-8-17/h3-4,9H,5-8,10H2,1-2H3. The van der Waals surface area contributed by atoms with Gasteiger partial charge in [-0.15, -0.1) is 0 Å². The van der Waals surface area contributed by atoms with Crippen molar-refractivity contribution in [2.45, 2.75) is 6.92 Å². The molecule has 0 aromatic heterocycles. The molecule has 18 heavy (non-hydrogen) atoms. The maximum absolute atomic E-state index is 12.2. The van der Waals surface area contributed by atoms with Crippen LogP contribution < -0.4 is 0 Å². The summed E-state index contributed by atoms with van der Waals surface area (Å²) >= 11 is 5.97. The zero-order valence-corrected chi connectivity index (χ0v) is 11.7. The number of nitrogens with zero attached hydrogens (tertiary/aromatic N) is 2. The summed E-state index contributed by atoms with van der Waals surface area (Å²) in [7, 11) is 2.11. The van der Waals surface area contributed by atoms with Crippen LogP contribution in [-0.4, -0.2) is 55.4 Å². The maximum atomic E-state index is 12.2. The van der Waals surface area contributed by atoms with Crippen LogP contribution in [0.5, 0.6) is 0 Å². The van der Waals surface area contributed by atoms with E-state index in [-0.39, 0.29) is 5.78 Å². The van der Waals surface area contributed by atoms with E-state index in [2.05, 4.69) is 16.8 Å². The number of benzene rings is 1. The zero-order valence-electron chi connectivity index (χ0n) is 10.9. The van der Waals surface area contributed by atoms with Crippen molar-refractivity contribution in [1.29, 1.82) is 0 Å². The first-order chi connectivity index (χ1) is 8.56. The van der Waals surface area contributed by atoms with Crippen molar-refractivity contribution in [3.05, 3.63) is 34.3 Å². The average molecular weight is 267 g/mol. The fourth-order valence-corrected chi connectivity index (χ4v) is 2.24. The van der Waals surface area contributed by atoms with Gasteiger partial charge in [-0.05, 0) is 37.7 Å². The summed E-state index contributed by atoms with van der Waals surface area (Å²) in [5.41, 5.74) is 1.72. The second kappa shape index (κ2) is 5.83. The Balaban J connectivity index is 1.97. The molecule has 98 valence electrons. The third-order valence-electron chi connectivity index (χ3n) is 3.44. The van der Waals surface area contributed by atoms with E-state index in [1.54, 1.807) is 6.07 Å². The number of carbonyl (C=O) groups is 1. The minimum atomic E-state index is 0.180. The number of piperazine rings is 1. The number of likely N-dealkylation sites (N-methyl/N-ethyl adjacent to an activating group) is 1. The van der Waals surface area contributed by atoms with E-state index in [0.717, 1.165) is 37.3 Å². The first kappa shape index (κ1) is 13.5. The highest BCUT2D eigenvalue weighted by molar-refractivity contribution is 6.31. The molecule has 0 bridgehead atoms. The van der Waals surface area contributed by atoms with Crippen LogP contribution in [0.1, 0.15) is 15.9 Å². The lowest BCUT2D eigenvalue weighted by Gasteiger charge is -2.31. The molecule has 1 aliphatic rings. The van der Waals surface area contributed by atoms with Crippen molar-refractivity contribution in [2.24, 2.45) is 0 Å². The summed E-state index contributed by atoms with van der Waals surface area (Å²) < 4.78 is 0. The third-order valence-corrected chi connectivity index (χ3v) is 3.87. The lowest BCUT2D eigenvalue weighted by Crippen LogP contribution is -2.46. The molecular formula is C14H19ClN2O. The van der Waals surface area contributed by atoms with Gasteiger partial charge in [-0.25, -0.2) is 0 Å². The summed E-state index contributed by atoms with van der Waals surface area (Å²) in [6, 6.07) is 5.49. The predicted octanol–water partition coefficient (Wildman–Crippen LogP) is 2.08. The molecule has 1 saturated heterocycles. The molecule has 0 aliphatic carbocycles. The van der Waals surface area contributed by atoms with Gasteiger partial charge in [0.1, 0.15) is 0 Å². The van der Waals surface area contributed by atoms with Crippen molar-refractivity contribution in [3.8, 4) is 0 Å². The molecule has 1 aromatic rings. The van der Waals surface area contributed by atoms with Crippen molar-refractivity contribution < 1.29 is 4.79 Å². The number of rotatable bonds is 3. The van der Waals surface area contributed by atoms with Crippen LogP contribution >= 0.6 is 11.6 Å². The Morgan fingerprint density at radius 2 is 1.94 bits per heavy atom. The number of hydrogen-bond donors (Lipinski definition) is 0. The van der Waals surface area contributed by atoms with Crippen molar-refractivity contribution in [1.82, 2.24) is 9.80 Å². The quantitative estimate of drug-likeness (QED) is 0.783. The van der Waals surface area contributed by atoms with Crippen molar-refractivity contribution in [2.75, 3.05) is 39.8 Å². The normalized spacial score (nSPS) is 17.9. The molecular weight excluding hydrogens is 248 g/mol. The molecule has 4 heteroatoms. The maximum Gasteiger partial charge on any atom is 0.176 e. The number of halogens is 1. The Morgan fingerprint density at radius 1 is 1.28 bits per heavy atom. The van der Waals surface area contributed by atoms with Crippen molar-refractivity contribution >= 4 is 17.4 Å². The fraction of sp³-hybridized carbons (Fsp3) is 0.500. The van der Waals surface area contributed by atoms with E-state index in [4.69, 9.17) is 11.6 Å². The van der Waals surface area contributed by atoms with Gasteiger partial charge in [0.25, 0.3) is 0 Å². The number of aryl methyl sites for hydroxylation is 1. The second-order valence-electron chi connectivity index (χ2n) is 4.97. The molecule has 1 aliphatic heterocycles. The van der Waals surface area contributed by atoms with Crippen LogP contribution in [0.4, 0.5) is 0 Å². The highest BCUT2D eigenvalue weighted by atomic mass is 35.5. The molecule has 0 unspecified atom stereocenters. The first-order valence-electron chi connectivity index (χ1n) is 6.26. The minimum Gasteiger partial charge on any atom is -0.304 e. The molecule has 0 spiro atoms. The highest BCUT2D eigenvalue weighted by Crippen LogP contribution is 2.17. The molecule has 0 saturated carbocycles. The van der Waals surface area contributed by atoms with Crippen LogP contribution in [0.3, 0.4) is 0 Å². The summed E-state index contributed by atoms with van der Waals surface area (Å²) in [5.74, 6) is 0.180. The Kier molecular flexibility index (Phi) is 4.38. The Morgan fingerprint density at radius 3 is 2.56 bits per heavy atom. The molecule has 0 radical (unpaired) electrons. The summed E-state index contributed by atoms with van der Waals surface area (Å²) in [4.78, 5) is 16.7. The molecule has 1 fully saturated rings. The summed E-state index contributed by atoms with van der Waals surface area (Å²) in [6.07, 6.45) is 0. The van der Waals surface area contributed by atoms with Gasteiger partial charge in [-0.2, -0.15) is 0 Å². The Bertz CT molecular complexity index is 439. The molecule has 0 N–H and O–H groups in total. The Hall–Kier alpha value is -0.900. The smallest absolute Gasteiger partial charge is 0.176 e. The first-order valence-corrected chi connectivity index (χ1v) is 6.64. The van der Waals surface area contributed by atoms with Gasteiger partial charge < -0.3 is 4.90 Å². The van der Waals surface area contributed by atoms with Crippen LogP contribution in [0.2, 0.25) is 5.02 Å².